The molecule has 0 saturated carbocycles. The molecule has 0 amide bonds. The van der Waals surface area contributed by atoms with Crippen molar-refractivity contribution in [2.75, 3.05) is 6.61 Å². The molecule has 1 nitrogen and oxygen atoms in total. The van der Waals surface area contributed by atoms with Crippen LogP contribution in [0.4, 0.5) is 4.39 Å². The van der Waals surface area contributed by atoms with Gasteiger partial charge in [-0.25, -0.2) is 4.39 Å². The van der Waals surface area contributed by atoms with Crippen LogP contribution < -0.4 is 0 Å². The van der Waals surface area contributed by atoms with Crippen LogP contribution in [0.5, 0.6) is 0 Å². The summed E-state index contributed by atoms with van der Waals surface area (Å²) in [7, 11) is 0. The summed E-state index contributed by atoms with van der Waals surface area (Å²) < 4.78 is 13.1. The molecule has 0 radical (unpaired) electrons. The largest absolute Gasteiger partial charge is 0.396 e. The van der Waals surface area contributed by atoms with Gasteiger partial charge in [0.1, 0.15) is 5.82 Å². The second-order valence-electron chi connectivity index (χ2n) is 4.03. The third-order valence-electron chi connectivity index (χ3n) is 2.74. The normalized spacial score (nSPS) is 10.5. The lowest BCUT2D eigenvalue weighted by Gasteiger charge is -2.04. The first-order valence-electron chi connectivity index (χ1n) is 5.75. The molecule has 0 aliphatic heterocycles. The van der Waals surface area contributed by atoms with Gasteiger partial charge in [-0.05, 0) is 41.7 Å². The van der Waals surface area contributed by atoms with E-state index in [4.69, 9.17) is 5.11 Å². The second-order valence-corrected chi connectivity index (χ2v) is 4.03. The SMILES string of the molecule is OCCCc1ccc(-c2cccc(F)c2)cc1. The summed E-state index contributed by atoms with van der Waals surface area (Å²) in [5.74, 6) is -0.216. The molecule has 88 valence electrons. The molecule has 0 aromatic heterocycles. The quantitative estimate of drug-likeness (QED) is 0.853. The fraction of sp³-hybridized carbons (Fsp3) is 0.200. The molecule has 0 heterocycles. The monoisotopic (exact) mass is 230 g/mol. The lowest BCUT2D eigenvalue weighted by molar-refractivity contribution is 0.288. The number of hydrogen-bond donors (Lipinski definition) is 1. The van der Waals surface area contributed by atoms with Crippen molar-refractivity contribution in [3.05, 3.63) is 59.9 Å². The van der Waals surface area contributed by atoms with Crippen LogP contribution in [0.25, 0.3) is 11.1 Å². The van der Waals surface area contributed by atoms with Crippen LogP contribution in [0.15, 0.2) is 48.5 Å². The molecule has 0 atom stereocenters. The van der Waals surface area contributed by atoms with E-state index in [2.05, 4.69) is 0 Å². The molecule has 0 saturated heterocycles. The maximum Gasteiger partial charge on any atom is 0.123 e. The first-order valence-corrected chi connectivity index (χ1v) is 5.75. The van der Waals surface area contributed by atoms with Crippen LogP contribution in [0.3, 0.4) is 0 Å². The van der Waals surface area contributed by atoms with Gasteiger partial charge in [0.25, 0.3) is 0 Å². The lowest BCUT2D eigenvalue weighted by atomic mass is 10.0. The van der Waals surface area contributed by atoms with Gasteiger partial charge in [0.2, 0.25) is 0 Å². The highest BCUT2D eigenvalue weighted by atomic mass is 19.1. The highest BCUT2D eigenvalue weighted by molar-refractivity contribution is 5.63. The Kier molecular flexibility index (Phi) is 3.89. The Morgan fingerprint density at radius 1 is 0.941 bits per heavy atom. The zero-order chi connectivity index (χ0) is 12.1. The van der Waals surface area contributed by atoms with Gasteiger partial charge in [-0.3, -0.25) is 0 Å². The zero-order valence-corrected chi connectivity index (χ0v) is 9.57. The fourth-order valence-corrected chi connectivity index (χ4v) is 1.82. The first kappa shape index (κ1) is 11.8. The van der Waals surface area contributed by atoms with E-state index in [9.17, 15) is 4.39 Å². The van der Waals surface area contributed by atoms with E-state index in [0.717, 1.165) is 24.0 Å². The van der Waals surface area contributed by atoms with E-state index >= 15 is 0 Å². The maximum atomic E-state index is 13.1. The summed E-state index contributed by atoms with van der Waals surface area (Å²) in [6.07, 6.45) is 1.65. The van der Waals surface area contributed by atoms with Gasteiger partial charge in [0.15, 0.2) is 0 Å². The van der Waals surface area contributed by atoms with E-state index < -0.39 is 0 Å². The summed E-state index contributed by atoms with van der Waals surface area (Å²) in [6, 6.07) is 14.6. The molecule has 0 aliphatic rings. The Morgan fingerprint density at radius 3 is 2.35 bits per heavy atom. The number of hydrogen-bond acceptors (Lipinski definition) is 1. The van der Waals surface area contributed by atoms with Gasteiger partial charge in [-0.1, -0.05) is 36.4 Å². The van der Waals surface area contributed by atoms with Gasteiger partial charge in [-0.15, -0.1) is 0 Å². The molecule has 0 spiro atoms. The van der Waals surface area contributed by atoms with Gasteiger partial charge in [0.05, 0.1) is 0 Å². The van der Waals surface area contributed by atoms with Crippen molar-refractivity contribution in [3.8, 4) is 11.1 Å². The number of aliphatic hydroxyl groups excluding tert-OH is 1. The molecule has 1 N–H and O–H groups in total. The molecular formula is C15H15FO. The minimum absolute atomic E-state index is 0.214. The number of rotatable bonds is 4. The summed E-state index contributed by atoms with van der Waals surface area (Å²) in [5, 5.41) is 8.75. The Morgan fingerprint density at radius 2 is 1.71 bits per heavy atom. The molecule has 0 unspecified atom stereocenters. The Bertz CT molecular complexity index is 477. The van der Waals surface area contributed by atoms with Crippen molar-refractivity contribution < 1.29 is 9.50 Å². The van der Waals surface area contributed by atoms with E-state index in [1.54, 1.807) is 6.07 Å². The smallest absolute Gasteiger partial charge is 0.123 e. The van der Waals surface area contributed by atoms with Gasteiger partial charge >= 0.3 is 0 Å². The molecule has 2 aromatic rings. The molecular weight excluding hydrogens is 215 g/mol. The van der Waals surface area contributed by atoms with Gasteiger partial charge in [0, 0.05) is 6.61 Å². The standard InChI is InChI=1S/C15H15FO/c16-15-5-1-4-14(11-15)13-8-6-12(7-9-13)3-2-10-17/h1,4-9,11,17H,2-3,10H2. The molecule has 2 aromatic carbocycles. The average molecular weight is 230 g/mol. The summed E-state index contributed by atoms with van der Waals surface area (Å²) >= 11 is 0. The number of halogens is 1. The van der Waals surface area contributed by atoms with E-state index in [-0.39, 0.29) is 12.4 Å². The summed E-state index contributed by atoms with van der Waals surface area (Å²) in [5.41, 5.74) is 3.09. The minimum Gasteiger partial charge on any atom is -0.396 e. The average Bonchev–Trinajstić information content (AvgIpc) is 2.37. The predicted molar refractivity (Wildman–Crippen MR) is 67.2 cm³/mol. The molecule has 2 heteroatoms. The third kappa shape index (κ3) is 3.14. The summed E-state index contributed by atoms with van der Waals surface area (Å²) in [4.78, 5) is 0. The van der Waals surface area contributed by atoms with Crippen molar-refractivity contribution in [1.29, 1.82) is 0 Å². The number of aliphatic hydroxyl groups is 1. The molecule has 2 rings (SSSR count). The second kappa shape index (κ2) is 5.60. The maximum absolute atomic E-state index is 13.1. The van der Waals surface area contributed by atoms with E-state index in [0.29, 0.717) is 0 Å². The number of aryl methyl sites for hydroxylation is 1. The van der Waals surface area contributed by atoms with Crippen molar-refractivity contribution in [2.45, 2.75) is 12.8 Å². The van der Waals surface area contributed by atoms with Crippen molar-refractivity contribution in [1.82, 2.24) is 0 Å². The van der Waals surface area contributed by atoms with E-state index in [1.165, 1.54) is 17.7 Å². The fourth-order valence-electron chi connectivity index (χ4n) is 1.82. The Balaban J connectivity index is 2.17. The van der Waals surface area contributed by atoms with Crippen LogP contribution in [0.1, 0.15) is 12.0 Å². The number of benzene rings is 2. The van der Waals surface area contributed by atoms with E-state index in [1.807, 2.05) is 30.3 Å². The third-order valence-corrected chi connectivity index (χ3v) is 2.74. The Labute approximate surface area is 101 Å². The highest BCUT2D eigenvalue weighted by Gasteiger charge is 1.99. The van der Waals surface area contributed by atoms with Crippen LogP contribution in [-0.2, 0) is 6.42 Å². The van der Waals surface area contributed by atoms with Crippen LogP contribution in [-0.4, -0.2) is 11.7 Å². The Hall–Kier alpha value is -1.67. The lowest BCUT2D eigenvalue weighted by Crippen LogP contribution is -1.89. The molecule has 17 heavy (non-hydrogen) atoms. The van der Waals surface area contributed by atoms with Crippen molar-refractivity contribution in [3.63, 3.8) is 0 Å². The molecule has 0 bridgehead atoms. The van der Waals surface area contributed by atoms with Crippen molar-refractivity contribution in [2.24, 2.45) is 0 Å². The summed E-state index contributed by atoms with van der Waals surface area (Å²) in [6.45, 7) is 0.214. The topological polar surface area (TPSA) is 20.2 Å². The first-order chi connectivity index (χ1) is 8.29. The van der Waals surface area contributed by atoms with Gasteiger partial charge in [-0.2, -0.15) is 0 Å². The van der Waals surface area contributed by atoms with Gasteiger partial charge < -0.3 is 5.11 Å². The highest BCUT2D eigenvalue weighted by Crippen LogP contribution is 2.20. The zero-order valence-electron chi connectivity index (χ0n) is 9.57. The minimum atomic E-state index is -0.216. The predicted octanol–water partition coefficient (Wildman–Crippen LogP) is 3.42. The van der Waals surface area contributed by atoms with Crippen molar-refractivity contribution >= 4 is 0 Å². The van der Waals surface area contributed by atoms with Crippen LogP contribution >= 0.6 is 0 Å². The molecule has 0 fully saturated rings. The van der Waals surface area contributed by atoms with Crippen LogP contribution in [0.2, 0.25) is 0 Å². The molecule has 0 aliphatic carbocycles. The van der Waals surface area contributed by atoms with Crippen LogP contribution in [0, 0.1) is 5.82 Å².